The van der Waals surface area contributed by atoms with Crippen molar-refractivity contribution in [2.24, 2.45) is 0 Å². The predicted octanol–water partition coefficient (Wildman–Crippen LogP) is 2.41. The molecular weight excluding hydrogens is 267 g/mol. The summed E-state index contributed by atoms with van der Waals surface area (Å²) in [5.74, 6) is 0. The van der Waals surface area contributed by atoms with Crippen molar-refractivity contribution in [3.8, 4) is 0 Å². The van der Waals surface area contributed by atoms with Gasteiger partial charge >= 0.3 is 0 Å². The zero-order chi connectivity index (χ0) is 8.81. The molecule has 0 aromatic heterocycles. The molecule has 0 saturated carbocycles. The van der Waals surface area contributed by atoms with Crippen molar-refractivity contribution < 1.29 is 9.78 Å². The molecule has 1 rings (SSSR count). The first kappa shape index (κ1) is 9.95. The standard InChI is InChI=1S/C9H11IO2/c1-11-12-7-6-8-2-4-9(10)5-3-8/h2-5H,6-7H2,1H3. The Labute approximate surface area is 85.9 Å². The first-order valence-electron chi connectivity index (χ1n) is 3.73. The number of rotatable bonds is 4. The van der Waals surface area contributed by atoms with Gasteiger partial charge in [-0.2, -0.15) is 0 Å². The third kappa shape index (κ3) is 3.51. The Morgan fingerprint density at radius 3 is 2.50 bits per heavy atom. The molecule has 0 spiro atoms. The minimum absolute atomic E-state index is 0.608. The Balaban J connectivity index is 2.37. The molecule has 1 aromatic rings. The Morgan fingerprint density at radius 2 is 1.92 bits per heavy atom. The average Bonchev–Trinajstić information content (AvgIpc) is 2.09. The van der Waals surface area contributed by atoms with Gasteiger partial charge in [0.05, 0.1) is 13.7 Å². The fourth-order valence-corrected chi connectivity index (χ4v) is 1.25. The van der Waals surface area contributed by atoms with Crippen molar-refractivity contribution in [3.63, 3.8) is 0 Å². The molecule has 0 bridgehead atoms. The molecule has 0 amide bonds. The molecule has 0 aliphatic carbocycles. The van der Waals surface area contributed by atoms with Gasteiger partial charge < -0.3 is 0 Å². The Hall–Kier alpha value is -0.130. The van der Waals surface area contributed by atoms with Crippen LogP contribution in [0.1, 0.15) is 5.56 Å². The molecule has 0 aliphatic rings. The monoisotopic (exact) mass is 278 g/mol. The average molecular weight is 278 g/mol. The molecule has 0 N–H and O–H groups in total. The number of halogens is 1. The van der Waals surface area contributed by atoms with Crippen LogP contribution < -0.4 is 0 Å². The summed E-state index contributed by atoms with van der Waals surface area (Å²) in [7, 11) is 1.52. The topological polar surface area (TPSA) is 18.5 Å². The van der Waals surface area contributed by atoms with Gasteiger partial charge in [-0.25, -0.2) is 9.78 Å². The fourth-order valence-electron chi connectivity index (χ4n) is 0.894. The van der Waals surface area contributed by atoms with Gasteiger partial charge in [-0.15, -0.1) is 0 Å². The Bertz CT molecular complexity index is 220. The van der Waals surface area contributed by atoms with Crippen molar-refractivity contribution in [3.05, 3.63) is 33.4 Å². The molecular formula is C9H11IO2. The van der Waals surface area contributed by atoms with Gasteiger partial charge in [0.15, 0.2) is 0 Å². The maximum Gasteiger partial charge on any atom is 0.0862 e. The molecule has 66 valence electrons. The van der Waals surface area contributed by atoms with Crippen LogP contribution in [-0.4, -0.2) is 13.7 Å². The van der Waals surface area contributed by atoms with Crippen LogP contribution in [0.4, 0.5) is 0 Å². The summed E-state index contributed by atoms with van der Waals surface area (Å²) in [6.45, 7) is 0.608. The highest BCUT2D eigenvalue weighted by Gasteiger charge is 1.92. The second-order valence-electron chi connectivity index (χ2n) is 2.37. The quantitative estimate of drug-likeness (QED) is 0.364. The van der Waals surface area contributed by atoms with E-state index in [4.69, 9.17) is 4.89 Å². The van der Waals surface area contributed by atoms with Crippen LogP contribution in [0.25, 0.3) is 0 Å². The third-order valence-electron chi connectivity index (χ3n) is 1.51. The lowest BCUT2D eigenvalue weighted by Gasteiger charge is -2.00. The van der Waals surface area contributed by atoms with E-state index in [0.717, 1.165) is 6.42 Å². The minimum Gasteiger partial charge on any atom is -0.240 e. The molecule has 0 atom stereocenters. The predicted molar refractivity (Wildman–Crippen MR) is 55.8 cm³/mol. The molecule has 0 saturated heterocycles. The van der Waals surface area contributed by atoms with E-state index in [1.54, 1.807) is 0 Å². The van der Waals surface area contributed by atoms with Crippen LogP contribution in [0.3, 0.4) is 0 Å². The van der Waals surface area contributed by atoms with Gasteiger partial charge in [-0.05, 0) is 46.7 Å². The molecule has 12 heavy (non-hydrogen) atoms. The van der Waals surface area contributed by atoms with Gasteiger partial charge in [0.25, 0.3) is 0 Å². The molecule has 1 aromatic carbocycles. The second-order valence-corrected chi connectivity index (χ2v) is 3.61. The molecule has 0 unspecified atom stereocenters. The maximum atomic E-state index is 4.77. The van der Waals surface area contributed by atoms with Crippen LogP contribution in [-0.2, 0) is 16.2 Å². The number of hydrogen-bond acceptors (Lipinski definition) is 2. The Kier molecular flexibility index (Phi) is 4.57. The summed E-state index contributed by atoms with van der Waals surface area (Å²) in [6, 6.07) is 8.37. The first-order chi connectivity index (χ1) is 5.83. The van der Waals surface area contributed by atoms with E-state index < -0.39 is 0 Å². The molecule has 0 radical (unpaired) electrons. The van der Waals surface area contributed by atoms with Crippen molar-refractivity contribution >= 4 is 22.6 Å². The minimum atomic E-state index is 0.608. The van der Waals surface area contributed by atoms with Gasteiger partial charge in [0.1, 0.15) is 0 Å². The third-order valence-corrected chi connectivity index (χ3v) is 2.22. The summed E-state index contributed by atoms with van der Waals surface area (Å²) in [4.78, 5) is 9.25. The number of benzene rings is 1. The molecule has 2 nitrogen and oxygen atoms in total. The lowest BCUT2D eigenvalue weighted by atomic mass is 10.2. The Morgan fingerprint density at radius 1 is 1.25 bits per heavy atom. The van der Waals surface area contributed by atoms with Gasteiger partial charge in [0, 0.05) is 3.57 Å². The van der Waals surface area contributed by atoms with E-state index in [9.17, 15) is 0 Å². The summed E-state index contributed by atoms with van der Waals surface area (Å²) in [5, 5.41) is 0. The van der Waals surface area contributed by atoms with Crippen LogP contribution in [0.2, 0.25) is 0 Å². The maximum absolute atomic E-state index is 4.77. The SMILES string of the molecule is COOCCc1ccc(I)cc1. The summed E-state index contributed by atoms with van der Waals surface area (Å²) in [6.07, 6.45) is 0.894. The van der Waals surface area contributed by atoms with Crippen molar-refractivity contribution in [2.45, 2.75) is 6.42 Å². The van der Waals surface area contributed by atoms with E-state index in [1.165, 1.54) is 16.2 Å². The van der Waals surface area contributed by atoms with Crippen LogP contribution in [0.5, 0.6) is 0 Å². The summed E-state index contributed by atoms with van der Waals surface area (Å²) in [5.41, 5.74) is 1.27. The van der Waals surface area contributed by atoms with E-state index in [0.29, 0.717) is 6.61 Å². The van der Waals surface area contributed by atoms with Crippen LogP contribution >= 0.6 is 22.6 Å². The second kappa shape index (κ2) is 5.50. The molecule has 0 heterocycles. The van der Waals surface area contributed by atoms with Gasteiger partial charge in [-0.1, -0.05) is 12.1 Å². The van der Waals surface area contributed by atoms with Gasteiger partial charge in [0.2, 0.25) is 0 Å². The molecule has 0 aliphatic heterocycles. The summed E-state index contributed by atoms with van der Waals surface area (Å²) < 4.78 is 1.25. The molecule has 3 heteroatoms. The fraction of sp³-hybridized carbons (Fsp3) is 0.333. The van der Waals surface area contributed by atoms with E-state index in [2.05, 4.69) is 51.7 Å². The lowest BCUT2D eigenvalue weighted by molar-refractivity contribution is -0.271. The number of hydrogen-bond donors (Lipinski definition) is 0. The van der Waals surface area contributed by atoms with E-state index >= 15 is 0 Å². The zero-order valence-corrected chi connectivity index (χ0v) is 9.08. The zero-order valence-electron chi connectivity index (χ0n) is 6.92. The summed E-state index contributed by atoms with van der Waals surface area (Å²) >= 11 is 2.29. The van der Waals surface area contributed by atoms with Crippen molar-refractivity contribution in [1.82, 2.24) is 0 Å². The first-order valence-corrected chi connectivity index (χ1v) is 4.81. The highest BCUT2D eigenvalue weighted by molar-refractivity contribution is 14.1. The lowest BCUT2D eigenvalue weighted by Crippen LogP contribution is -1.96. The smallest absolute Gasteiger partial charge is 0.0862 e. The highest BCUT2D eigenvalue weighted by atomic mass is 127. The van der Waals surface area contributed by atoms with E-state index in [1.807, 2.05) is 0 Å². The van der Waals surface area contributed by atoms with Crippen LogP contribution in [0, 0.1) is 3.57 Å². The molecule has 0 fully saturated rings. The largest absolute Gasteiger partial charge is 0.240 e. The van der Waals surface area contributed by atoms with Crippen LogP contribution in [0.15, 0.2) is 24.3 Å². The normalized spacial score (nSPS) is 10.2. The highest BCUT2D eigenvalue weighted by Crippen LogP contribution is 2.07. The van der Waals surface area contributed by atoms with E-state index in [-0.39, 0.29) is 0 Å². The van der Waals surface area contributed by atoms with Gasteiger partial charge in [-0.3, -0.25) is 0 Å². The van der Waals surface area contributed by atoms with Crippen molar-refractivity contribution in [1.29, 1.82) is 0 Å². The van der Waals surface area contributed by atoms with Crippen molar-refractivity contribution in [2.75, 3.05) is 13.7 Å².